The van der Waals surface area contributed by atoms with Gasteiger partial charge in [-0.05, 0) is 68.4 Å². The Morgan fingerprint density at radius 3 is 2.20 bits per heavy atom. The van der Waals surface area contributed by atoms with Crippen LogP contribution in [0.4, 0.5) is 0 Å². The number of nitrogens with zero attached hydrogens (tertiary/aromatic N) is 1. The van der Waals surface area contributed by atoms with E-state index >= 15 is 0 Å². The molecule has 0 saturated heterocycles. The zero-order valence-corrected chi connectivity index (χ0v) is 20.3. The number of para-hydroxylation sites is 1. The molecule has 0 heterocycles. The van der Waals surface area contributed by atoms with Crippen LogP contribution < -0.4 is 9.47 Å². The Kier molecular flexibility index (Phi) is 9.26. The summed E-state index contributed by atoms with van der Waals surface area (Å²) in [6, 6.07) is 21.8. The van der Waals surface area contributed by atoms with E-state index in [1.54, 1.807) is 19.2 Å². The summed E-state index contributed by atoms with van der Waals surface area (Å²) in [7, 11) is 5.39. The third-order valence-corrected chi connectivity index (χ3v) is 5.46. The number of aryl methyl sites for hydroxylation is 2. The first-order chi connectivity index (χ1) is 16.9. The number of carbonyl (C=O) groups excluding carboxylic acids is 1. The number of likely N-dealkylation sites (N-methyl/N-ethyl adjacent to an activating group) is 1. The molecule has 184 valence electrons. The second kappa shape index (κ2) is 12.6. The van der Waals surface area contributed by atoms with E-state index in [9.17, 15) is 14.7 Å². The molecular weight excluding hydrogens is 446 g/mol. The van der Waals surface area contributed by atoms with Crippen LogP contribution in [-0.2, 0) is 17.6 Å². The fourth-order valence-electron chi connectivity index (χ4n) is 3.70. The minimum atomic E-state index is -1.18. The molecule has 0 aliphatic carbocycles. The van der Waals surface area contributed by atoms with Crippen LogP contribution in [0, 0.1) is 0 Å². The van der Waals surface area contributed by atoms with Gasteiger partial charge >= 0.3 is 11.9 Å². The zero-order chi connectivity index (χ0) is 25.2. The number of ether oxygens (including phenoxy) is 3. The highest BCUT2D eigenvalue weighted by Crippen LogP contribution is 2.22. The number of hydrogen-bond donors (Lipinski definition) is 1. The van der Waals surface area contributed by atoms with Gasteiger partial charge in [0.25, 0.3) is 0 Å². The van der Waals surface area contributed by atoms with Crippen molar-refractivity contribution < 1.29 is 28.9 Å². The van der Waals surface area contributed by atoms with Gasteiger partial charge in [-0.1, -0.05) is 42.5 Å². The van der Waals surface area contributed by atoms with E-state index in [1.165, 1.54) is 17.7 Å². The lowest BCUT2D eigenvalue weighted by Crippen LogP contribution is -2.35. The molecule has 0 aliphatic heterocycles. The number of methoxy groups -OCH3 is 1. The smallest absolute Gasteiger partial charge is 0.339 e. The summed E-state index contributed by atoms with van der Waals surface area (Å²) in [5.74, 6) is -0.313. The van der Waals surface area contributed by atoms with Gasteiger partial charge in [-0.25, -0.2) is 9.59 Å². The summed E-state index contributed by atoms with van der Waals surface area (Å²) in [5.41, 5.74) is 2.17. The van der Waals surface area contributed by atoms with E-state index in [4.69, 9.17) is 14.2 Å². The van der Waals surface area contributed by atoms with E-state index < -0.39 is 18.0 Å². The Morgan fingerprint density at radius 1 is 0.886 bits per heavy atom. The van der Waals surface area contributed by atoms with Crippen LogP contribution in [-0.4, -0.2) is 62.4 Å². The summed E-state index contributed by atoms with van der Waals surface area (Å²) in [4.78, 5) is 26.2. The van der Waals surface area contributed by atoms with Crippen molar-refractivity contribution in [3.8, 4) is 11.5 Å². The van der Waals surface area contributed by atoms with Gasteiger partial charge in [0.15, 0.2) is 0 Å². The fraction of sp³-hybridized carbons (Fsp3) is 0.286. The molecule has 0 amide bonds. The molecule has 0 radical (unpaired) electrons. The molecule has 0 aliphatic rings. The Hall–Kier alpha value is -3.84. The SMILES string of the molecule is COc1ccc(CCc2ccccc2OC[C@@H](CN(C)C)OC(=O)c2ccccc2C(=O)O)cc1. The summed E-state index contributed by atoms with van der Waals surface area (Å²) >= 11 is 0. The van der Waals surface area contributed by atoms with Gasteiger partial charge < -0.3 is 24.2 Å². The number of esters is 1. The molecule has 1 atom stereocenters. The Bertz CT molecular complexity index is 1130. The molecule has 1 N–H and O–H groups in total. The van der Waals surface area contributed by atoms with E-state index in [0.29, 0.717) is 6.54 Å². The maximum Gasteiger partial charge on any atom is 0.339 e. The zero-order valence-electron chi connectivity index (χ0n) is 20.3. The molecule has 7 nitrogen and oxygen atoms in total. The lowest BCUT2D eigenvalue weighted by atomic mass is 10.0. The number of benzene rings is 3. The quantitative estimate of drug-likeness (QED) is 0.388. The molecule has 0 bridgehead atoms. The van der Waals surface area contributed by atoms with Crippen LogP contribution in [0.2, 0.25) is 0 Å². The first-order valence-corrected chi connectivity index (χ1v) is 11.4. The lowest BCUT2D eigenvalue weighted by molar-refractivity contribution is 0.00996. The van der Waals surface area contributed by atoms with Crippen molar-refractivity contribution in [2.24, 2.45) is 0 Å². The van der Waals surface area contributed by atoms with Crippen LogP contribution >= 0.6 is 0 Å². The molecule has 7 heteroatoms. The lowest BCUT2D eigenvalue weighted by Gasteiger charge is -2.23. The van der Waals surface area contributed by atoms with Gasteiger partial charge in [-0.15, -0.1) is 0 Å². The second-order valence-corrected chi connectivity index (χ2v) is 8.41. The molecule has 0 saturated carbocycles. The molecule has 3 aromatic carbocycles. The van der Waals surface area contributed by atoms with Crippen LogP contribution in [0.5, 0.6) is 11.5 Å². The van der Waals surface area contributed by atoms with Crippen LogP contribution in [0.1, 0.15) is 31.8 Å². The van der Waals surface area contributed by atoms with Crippen molar-refractivity contribution in [2.45, 2.75) is 18.9 Å². The van der Waals surface area contributed by atoms with Gasteiger partial charge in [-0.2, -0.15) is 0 Å². The minimum absolute atomic E-state index is 0.0173. The predicted octanol–water partition coefficient (Wildman–Crippen LogP) is 4.34. The fourth-order valence-corrected chi connectivity index (χ4v) is 3.70. The average molecular weight is 478 g/mol. The number of carboxylic acids is 1. The standard InChI is InChI=1S/C28H31NO6/c1-29(2)18-23(35-28(32)25-10-6-5-9-24(25)27(30)31)19-34-26-11-7-4-8-21(26)15-12-20-13-16-22(33-3)17-14-20/h4-11,13-14,16-17,23H,12,15,18-19H2,1-3H3,(H,30,31)/t23-/m1/s1. The highest BCUT2D eigenvalue weighted by atomic mass is 16.6. The van der Waals surface area contributed by atoms with E-state index in [2.05, 4.69) is 0 Å². The third-order valence-electron chi connectivity index (χ3n) is 5.46. The highest BCUT2D eigenvalue weighted by Gasteiger charge is 2.22. The third kappa shape index (κ3) is 7.58. The molecule has 3 rings (SSSR count). The topological polar surface area (TPSA) is 85.3 Å². The monoisotopic (exact) mass is 477 g/mol. The van der Waals surface area contributed by atoms with E-state index in [1.807, 2.05) is 67.5 Å². The average Bonchev–Trinajstić information content (AvgIpc) is 2.86. The molecule has 35 heavy (non-hydrogen) atoms. The molecule has 0 aromatic heterocycles. The van der Waals surface area contributed by atoms with E-state index in [-0.39, 0.29) is 17.7 Å². The summed E-state index contributed by atoms with van der Waals surface area (Å²) in [6.07, 6.45) is 1.04. The van der Waals surface area contributed by atoms with Crippen molar-refractivity contribution in [3.63, 3.8) is 0 Å². The number of rotatable bonds is 12. The largest absolute Gasteiger partial charge is 0.497 e. The van der Waals surface area contributed by atoms with Crippen LogP contribution in [0.15, 0.2) is 72.8 Å². The Morgan fingerprint density at radius 2 is 1.54 bits per heavy atom. The van der Waals surface area contributed by atoms with Crippen LogP contribution in [0.3, 0.4) is 0 Å². The van der Waals surface area contributed by atoms with Crippen molar-refractivity contribution >= 4 is 11.9 Å². The first-order valence-electron chi connectivity index (χ1n) is 11.4. The number of carbonyl (C=O) groups is 2. The van der Waals surface area contributed by atoms with Crippen molar-refractivity contribution in [1.29, 1.82) is 0 Å². The highest BCUT2D eigenvalue weighted by molar-refractivity contribution is 6.02. The number of hydrogen-bond acceptors (Lipinski definition) is 6. The van der Waals surface area contributed by atoms with E-state index in [0.717, 1.165) is 29.9 Å². The summed E-state index contributed by atoms with van der Waals surface area (Å²) in [6.45, 7) is 0.563. The van der Waals surface area contributed by atoms with Crippen LogP contribution in [0.25, 0.3) is 0 Å². The van der Waals surface area contributed by atoms with Gasteiger partial charge in [0.2, 0.25) is 0 Å². The number of carboxylic acid groups (broad SMARTS) is 1. The predicted molar refractivity (Wildman–Crippen MR) is 133 cm³/mol. The Labute approximate surface area is 205 Å². The summed E-state index contributed by atoms with van der Waals surface area (Å²) in [5, 5.41) is 9.39. The maximum atomic E-state index is 12.8. The molecule has 0 unspecified atom stereocenters. The Balaban J connectivity index is 1.67. The molecule has 3 aromatic rings. The summed E-state index contributed by atoms with van der Waals surface area (Å²) < 4.78 is 17.0. The number of aromatic carboxylic acids is 1. The van der Waals surface area contributed by atoms with Crippen molar-refractivity contribution in [2.75, 3.05) is 34.4 Å². The molecule has 0 spiro atoms. The molecule has 0 fully saturated rings. The van der Waals surface area contributed by atoms with Crippen molar-refractivity contribution in [1.82, 2.24) is 4.90 Å². The van der Waals surface area contributed by atoms with Gasteiger partial charge in [-0.3, -0.25) is 0 Å². The van der Waals surface area contributed by atoms with Gasteiger partial charge in [0.1, 0.15) is 24.2 Å². The minimum Gasteiger partial charge on any atom is -0.497 e. The van der Waals surface area contributed by atoms with Gasteiger partial charge in [0.05, 0.1) is 18.2 Å². The second-order valence-electron chi connectivity index (χ2n) is 8.41. The molecular formula is C28H31NO6. The maximum absolute atomic E-state index is 12.8. The van der Waals surface area contributed by atoms with Gasteiger partial charge in [0, 0.05) is 6.54 Å². The first kappa shape index (κ1) is 25.8. The normalized spacial score (nSPS) is 11.7. The van der Waals surface area contributed by atoms with Crippen molar-refractivity contribution in [3.05, 3.63) is 95.1 Å².